The van der Waals surface area contributed by atoms with Gasteiger partial charge in [-0.3, -0.25) is 4.79 Å². The quantitative estimate of drug-likeness (QED) is 0.922. The summed E-state index contributed by atoms with van der Waals surface area (Å²) in [5, 5.41) is 2.36. The van der Waals surface area contributed by atoms with Gasteiger partial charge in [-0.05, 0) is 26.3 Å². The van der Waals surface area contributed by atoms with Gasteiger partial charge in [0.2, 0.25) is 5.12 Å². The number of benzene rings is 1. The van der Waals surface area contributed by atoms with Crippen molar-refractivity contribution >= 4 is 23.0 Å². The zero-order chi connectivity index (χ0) is 14.3. The van der Waals surface area contributed by atoms with Crippen LogP contribution in [-0.4, -0.2) is 23.4 Å². The van der Waals surface area contributed by atoms with Crippen molar-refractivity contribution in [2.24, 2.45) is 0 Å². The maximum Gasteiger partial charge on any atom is 0.408 e. The lowest BCUT2D eigenvalue weighted by Crippen LogP contribution is -2.34. The lowest BCUT2D eigenvalue weighted by Gasteiger charge is -2.19. The molecule has 4 nitrogen and oxygen atoms in total. The van der Waals surface area contributed by atoms with E-state index in [-0.39, 0.29) is 11.7 Å². The van der Waals surface area contributed by atoms with E-state index in [9.17, 15) is 9.59 Å². The summed E-state index contributed by atoms with van der Waals surface area (Å²) in [5.74, 6) is 0.607. The van der Waals surface area contributed by atoms with Crippen LogP contribution < -0.4 is 5.32 Å². The molecule has 0 heterocycles. The number of ether oxygens (including phenoxy) is 1. The van der Waals surface area contributed by atoms with Gasteiger partial charge in [-0.2, -0.15) is 0 Å². The highest BCUT2D eigenvalue weighted by Crippen LogP contribution is 2.12. The van der Waals surface area contributed by atoms with E-state index in [0.29, 0.717) is 5.75 Å². The van der Waals surface area contributed by atoms with Gasteiger partial charge in [0.1, 0.15) is 5.60 Å². The monoisotopic (exact) mass is 281 g/mol. The first kappa shape index (κ1) is 15.6. The fraction of sp³-hybridized carbons (Fsp3) is 0.429. The topological polar surface area (TPSA) is 55.4 Å². The molecular weight excluding hydrogens is 262 g/mol. The fourth-order valence-corrected chi connectivity index (χ4v) is 1.94. The van der Waals surface area contributed by atoms with Crippen LogP contribution in [0, 0.1) is 0 Å². The Morgan fingerprint density at radius 2 is 1.84 bits per heavy atom. The van der Waals surface area contributed by atoms with E-state index in [4.69, 9.17) is 4.74 Å². The summed E-state index contributed by atoms with van der Waals surface area (Å²) in [5.41, 5.74) is 0.530. The SMILES string of the molecule is CC(C)(C)OC(=O)NCC(=O)SCc1ccccc1. The maximum absolute atomic E-state index is 11.6. The van der Waals surface area contributed by atoms with Gasteiger partial charge >= 0.3 is 6.09 Å². The Morgan fingerprint density at radius 1 is 1.21 bits per heavy atom. The molecule has 0 saturated heterocycles. The van der Waals surface area contributed by atoms with Crippen molar-refractivity contribution in [1.29, 1.82) is 0 Å². The van der Waals surface area contributed by atoms with Crippen molar-refractivity contribution in [3.63, 3.8) is 0 Å². The molecule has 0 fully saturated rings. The number of amides is 1. The molecule has 0 aliphatic rings. The zero-order valence-electron chi connectivity index (χ0n) is 11.4. The summed E-state index contributed by atoms with van der Waals surface area (Å²) in [4.78, 5) is 22.9. The number of hydrogen-bond acceptors (Lipinski definition) is 4. The Hall–Kier alpha value is -1.49. The normalized spacial score (nSPS) is 10.9. The van der Waals surface area contributed by atoms with Crippen LogP contribution in [0.15, 0.2) is 30.3 Å². The third-order valence-corrected chi connectivity index (χ3v) is 2.96. The highest BCUT2D eigenvalue weighted by molar-refractivity contribution is 8.13. The van der Waals surface area contributed by atoms with Gasteiger partial charge in [-0.15, -0.1) is 0 Å². The van der Waals surface area contributed by atoms with E-state index in [1.54, 1.807) is 20.8 Å². The minimum Gasteiger partial charge on any atom is -0.444 e. The molecule has 0 spiro atoms. The predicted octanol–water partition coefficient (Wildman–Crippen LogP) is 2.97. The van der Waals surface area contributed by atoms with Crippen molar-refractivity contribution in [1.82, 2.24) is 5.32 Å². The Morgan fingerprint density at radius 3 is 2.42 bits per heavy atom. The number of thioether (sulfide) groups is 1. The second kappa shape index (κ2) is 7.19. The molecular formula is C14H19NO3S. The molecule has 1 amide bonds. The largest absolute Gasteiger partial charge is 0.444 e. The molecule has 0 aromatic heterocycles. The third-order valence-electron chi connectivity index (χ3n) is 2.02. The second-order valence-corrected chi connectivity index (χ2v) is 6.03. The van der Waals surface area contributed by atoms with Crippen LogP contribution in [0.3, 0.4) is 0 Å². The van der Waals surface area contributed by atoms with Crippen LogP contribution in [0.1, 0.15) is 26.3 Å². The van der Waals surface area contributed by atoms with Crippen molar-refractivity contribution < 1.29 is 14.3 Å². The van der Waals surface area contributed by atoms with Gasteiger partial charge in [-0.1, -0.05) is 42.1 Å². The van der Waals surface area contributed by atoms with Gasteiger partial charge in [0.15, 0.2) is 0 Å². The van der Waals surface area contributed by atoms with E-state index in [2.05, 4.69) is 5.32 Å². The number of carbonyl (C=O) groups excluding carboxylic acids is 2. The van der Waals surface area contributed by atoms with Crippen LogP contribution in [0.25, 0.3) is 0 Å². The first-order valence-corrected chi connectivity index (χ1v) is 7.02. The first-order valence-electron chi connectivity index (χ1n) is 6.03. The average molecular weight is 281 g/mol. The van der Waals surface area contributed by atoms with Crippen LogP contribution >= 0.6 is 11.8 Å². The minimum atomic E-state index is -0.568. The van der Waals surface area contributed by atoms with Crippen LogP contribution in [-0.2, 0) is 15.3 Å². The fourth-order valence-electron chi connectivity index (χ4n) is 1.25. The molecule has 0 bridgehead atoms. The lowest BCUT2D eigenvalue weighted by molar-refractivity contribution is -0.110. The molecule has 1 rings (SSSR count). The molecule has 0 unspecified atom stereocenters. The smallest absolute Gasteiger partial charge is 0.408 e. The van der Waals surface area contributed by atoms with Gasteiger partial charge in [0, 0.05) is 5.75 Å². The van der Waals surface area contributed by atoms with Gasteiger partial charge in [0.25, 0.3) is 0 Å². The first-order chi connectivity index (χ1) is 8.87. The Kier molecular flexibility index (Phi) is 5.89. The summed E-state index contributed by atoms with van der Waals surface area (Å²) in [6.07, 6.45) is -0.568. The van der Waals surface area contributed by atoms with E-state index >= 15 is 0 Å². The molecule has 1 aromatic rings. The molecule has 0 aliphatic carbocycles. The number of alkyl carbamates (subject to hydrolysis) is 1. The number of hydrogen-bond donors (Lipinski definition) is 1. The highest BCUT2D eigenvalue weighted by atomic mass is 32.2. The minimum absolute atomic E-state index is 0.0214. The molecule has 1 aromatic carbocycles. The predicted molar refractivity (Wildman–Crippen MR) is 77.0 cm³/mol. The Balaban J connectivity index is 2.23. The van der Waals surface area contributed by atoms with Crippen molar-refractivity contribution in [3.8, 4) is 0 Å². The van der Waals surface area contributed by atoms with Gasteiger partial charge < -0.3 is 10.1 Å². The molecule has 1 N–H and O–H groups in total. The number of rotatable bonds is 4. The van der Waals surface area contributed by atoms with Gasteiger partial charge in [0.05, 0.1) is 6.54 Å². The number of nitrogens with one attached hydrogen (secondary N) is 1. The molecule has 0 saturated carbocycles. The van der Waals surface area contributed by atoms with Crippen LogP contribution in [0.2, 0.25) is 0 Å². The molecule has 19 heavy (non-hydrogen) atoms. The van der Waals surface area contributed by atoms with E-state index in [1.807, 2.05) is 30.3 Å². The van der Waals surface area contributed by atoms with E-state index < -0.39 is 11.7 Å². The zero-order valence-corrected chi connectivity index (χ0v) is 12.3. The Bertz CT molecular complexity index is 426. The maximum atomic E-state index is 11.6. The summed E-state index contributed by atoms with van der Waals surface area (Å²) < 4.78 is 5.04. The van der Waals surface area contributed by atoms with E-state index in [0.717, 1.165) is 5.56 Å². The lowest BCUT2D eigenvalue weighted by atomic mass is 10.2. The molecule has 0 aliphatic heterocycles. The van der Waals surface area contributed by atoms with Crippen molar-refractivity contribution in [3.05, 3.63) is 35.9 Å². The van der Waals surface area contributed by atoms with Crippen LogP contribution in [0.4, 0.5) is 4.79 Å². The Labute approximate surface area is 117 Å². The summed E-state index contributed by atoms with van der Waals surface area (Å²) >= 11 is 1.18. The third kappa shape index (κ3) is 7.51. The van der Waals surface area contributed by atoms with Crippen molar-refractivity contribution in [2.45, 2.75) is 32.1 Å². The van der Waals surface area contributed by atoms with Crippen molar-refractivity contribution in [2.75, 3.05) is 6.54 Å². The highest BCUT2D eigenvalue weighted by Gasteiger charge is 2.16. The van der Waals surface area contributed by atoms with Crippen LogP contribution in [0.5, 0.6) is 0 Å². The van der Waals surface area contributed by atoms with Gasteiger partial charge in [-0.25, -0.2) is 4.79 Å². The van der Waals surface area contributed by atoms with E-state index in [1.165, 1.54) is 11.8 Å². The second-order valence-electron chi connectivity index (χ2n) is 5.00. The molecule has 0 atom stereocenters. The summed E-state index contributed by atoms with van der Waals surface area (Å²) in [7, 11) is 0. The summed E-state index contributed by atoms with van der Waals surface area (Å²) in [6.45, 7) is 5.31. The number of carbonyl (C=O) groups is 2. The average Bonchev–Trinajstić information content (AvgIpc) is 2.33. The molecule has 104 valence electrons. The molecule has 0 radical (unpaired) electrons. The molecule has 5 heteroatoms. The summed E-state index contributed by atoms with van der Waals surface area (Å²) in [6, 6.07) is 9.71. The standard InChI is InChI=1S/C14H19NO3S/c1-14(2,3)18-13(17)15-9-12(16)19-10-11-7-5-4-6-8-11/h4-8H,9-10H2,1-3H3,(H,15,17).